The van der Waals surface area contributed by atoms with Gasteiger partial charge in [-0.05, 0) is 104 Å². The van der Waals surface area contributed by atoms with Crippen molar-refractivity contribution in [3.63, 3.8) is 0 Å². The normalized spacial score (nSPS) is 24.6. The van der Waals surface area contributed by atoms with Gasteiger partial charge in [-0.25, -0.2) is 13.2 Å². The average molecular weight is 716 g/mol. The second kappa shape index (κ2) is 15.3. The molecule has 1 saturated heterocycles. The van der Waals surface area contributed by atoms with Crippen LogP contribution in [0.2, 0.25) is 0 Å². The van der Waals surface area contributed by atoms with E-state index in [9.17, 15) is 27.6 Å². The maximum absolute atomic E-state index is 14.0. The minimum atomic E-state index is -3.63. The minimum Gasteiger partial charge on any atom is -0.488 e. The number of hydrogen-bond acceptors (Lipinski definition) is 9. The zero-order valence-corrected chi connectivity index (χ0v) is 30.6. The quantitative estimate of drug-likeness (QED) is 0.179. The van der Waals surface area contributed by atoms with Crippen molar-refractivity contribution in [1.82, 2.24) is 19.9 Å². The molecule has 2 heterocycles. The van der Waals surface area contributed by atoms with Crippen LogP contribution in [0.15, 0.2) is 24.4 Å². The van der Waals surface area contributed by atoms with E-state index in [-0.39, 0.29) is 24.8 Å². The van der Waals surface area contributed by atoms with Crippen LogP contribution in [-0.2, 0) is 42.0 Å². The molecule has 4 amide bonds. The van der Waals surface area contributed by atoms with Crippen LogP contribution in [0, 0.1) is 11.8 Å². The zero-order chi connectivity index (χ0) is 36.3. The molecule has 3 fully saturated rings. The Morgan fingerprint density at radius 3 is 2.56 bits per heavy atom. The average Bonchev–Trinajstić information content (AvgIpc) is 3.95. The van der Waals surface area contributed by atoms with Crippen LogP contribution in [-0.4, -0.2) is 77.2 Å². The smallest absolute Gasteiger partial charge is 0.408 e. The first-order valence-corrected chi connectivity index (χ1v) is 19.5. The van der Waals surface area contributed by atoms with Gasteiger partial charge in [-0.2, -0.15) is 0 Å². The summed E-state index contributed by atoms with van der Waals surface area (Å²) < 4.78 is 38.0. The highest BCUT2D eigenvalue weighted by atomic mass is 32.2. The highest BCUT2D eigenvalue weighted by molar-refractivity contribution is 7.91. The van der Waals surface area contributed by atoms with Gasteiger partial charge in [0, 0.05) is 29.8 Å². The highest BCUT2D eigenvalue weighted by Crippen LogP contribution is 2.44. The number of allylic oxidation sites excluding steroid dienone is 2. The summed E-state index contributed by atoms with van der Waals surface area (Å²) in [5, 5.41) is 2.74. The lowest BCUT2D eigenvalue weighted by Crippen LogP contribution is -2.53. The van der Waals surface area contributed by atoms with Gasteiger partial charge in [0.15, 0.2) is 0 Å². The number of nitrogens with two attached hydrogens (primary N) is 1. The number of carbonyl (C=O) groups excluding carboxylic acids is 4. The summed E-state index contributed by atoms with van der Waals surface area (Å²) in [4.78, 5) is 57.7. The number of primary amides is 1. The number of aryl methyl sites for hydroxylation is 1. The fourth-order valence-corrected chi connectivity index (χ4v) is 8.05. The van der Waals surface area contributed by atoms with E-state index in [1.165, 1.54) is 4.90 Å². The third-order valence-corrected chi connectivity index (χ3v) is 12.3. The van der Waals surface area contributed by atoms with Gasteiger partial charge < -0.3 is 25.4 Å². The van der Waals surface area contributed by atoms with E-state index in [2.05, 4.69) is 15.0 Å². The third kappa shape index (κ3) is 9.55. The van der Waals surface area contributed by atoms with E-state index in [4.69, 9.17) is 15.2 Å². The monoisotopic (exact) mass is 715 g/mol. The lowest BCUT2D eigenvalue weighted by molar-refractivity contribution is -0.139. The Balaban J connectivity index is 1.13. The standard InChI is InChI=1S/C36H53N5O8S/c1-35(2,3)49-34(45)39-28(15-9-7-5-6-8-12-23-20-26(23)32(43)40-50(46,47)36(4)17-18-36)33(44)41-22-24(21-29(41)31(37)42)48-30-16-19-38-27-14-11-10-13-25(27)30/h8,12,16,19,23-24,26,28-29H,5-7,9-11,13-15,17-18,20-22H2,1-4H3,(H2,37,42)(H,39,45)(H,40,43)/b12-8-/t23-,24-,26+,28+,29+/m1/s1. The fourth-order valence-electron chi connectivity index (χ4n) is 6.75. The number of hydrogen-bond donors (Lipinski definition) is 3. The number of alkyl carbamates (subject to hydrolysis) is 1. The van der Waals surface area contributed by atoms with Crippen LogP contribution >= 0.6 is 0 Å². The molecule has 0 aromatic carbocycles. The predicted octanol–water partition coefficient (Wildman–Crippen LogP) is 3.83. The Labute approximate surface area is 295 Å². The van der Waals surface area contributed by atoms with Crippen LogP contribution < -0.4 is 20.5 Å². The highest BCUT2D eigenvalue weighted by Gasteiger charge is 2.52. The van der Waals surface area contributed by atoms with E-state index < -0.39 is 62.4 Å². The largest absolute Gasteiger partial charge is 0.488 e. The van der Waals surface area contributed by atoms with Gasteiger partial charge >= 0.3 is 6.09 Å². The van der Waals surface area contributed by atoms with E-state index >= 15 is 0 Å². The lowest BCUT2D eigenvalue weighted by Gasteiger charge is -2.28. The Morgan fingerprint density at radius 1 is 1.12 bits per heavy atom. The lowest BCUT2D eigenvalue weighted by atomic mass is 9.95. The molecule has 1 aromatic heterocycles. The molecule has 3 aliphatic carbocycles. The molecule has 50 heavy (non-hydrogen) atoms. The number of ether oxygens (including phenoxy) is 2. The first kappa shape index (κ1) is 37.6. The van der Waals surface area contributed by atoms with Gasteiger partial charge in [0.25, 0.3) is 0 Å². The maximum Gasteiger partial charge on any atom is 0.408 e. The van der Waals surface area contributed by atoms with Gasteiger partial charge in [-0.3, -0.25) is 24.1 Å². The molecular formula is C36H53N5O8S. The number of likely N-dealkylation sites (tertiary alicyclic amines) is 1. The number of pyridine rings is 1. The number of amides is 4. The number of aromatic nitrogens is 1. The van der Waals surface area contributed by atoms with Crippen molar-refractivity contribution in [1.29, 1.82) is 0 Å². The van der Waals surface area contributed by atoms with Gasteiger partial charge in [-0.1, -0.05) is 25.0 Å². The summed E-state index contributed by atoms with van der Waals surface area (Å²) in [6.07, 6.45) is 13.8. The summed E-state index contributed by atoms with van der Waals surface area (Å²) in [5.41, 5.74) is 7.12. The van der Waals surface area contributed by atoms with Gasteiger partial charge in [0.05, 0.1) is 11.3 Å². The number of nitrogens with zero attached hydrogens (tertiary/aromatic N) is 2. The molecule has 4 aliphatic rings. The summed E-state index contributed by atoms with van der Waals surface area (Å²) in [6, 6.07) is 0.0384. The van der Waals surface area contributed by atoms with Crippen molar-refractivity contribution < 1.29 is 37.1 Å². The molecular weight excluding hydrogens is 662 g/mol. The van der Waals surface area contributed by atoms with Crippen molar-refractivity contribution in [2.45, 2.75) is 140 Å². The maximum atomic E-state index is 14.0. The second-order valence-corrected chi connectivity index (χ2v) is 17.7. The Hall–Kier alpha value is -3.68. The molecule has 276 valence electrons. The van der Waals surface area contributed by atoms with Gasteiger partial charge in [0.2, 0.25) is 27.7 Å². The molecule has 0 unspecified atom stereocenters. The number of unbranched alkanes of at least 4 members (excludes halogenated alkanes) is 3. The van der Waals surface area contributed by atoms with Gasteiger partial charge in [0.1, 0.15) is 29.5 Å². The molecule has 0 bridgehead atoms. The van der Waals surface area contributed by atoms with E-state index in [1.54, 1.807) is 33.9 Å². The van der Waals surface area contributed by atoms with E-state index in [0.717, 1.165) is 62.0 Å². The Kier molecular flexibility index (Phi) is 11.5. The van der Waals surface area contributed by atoms with Crippen molar-refractivity contribution in [2.24, 2.45) is 17.6 Å². The predicted molar refractivity (Wildman–Crippen MR) is 186 cm³/mol. The SMILES string of the molecule is CC(C)(C)OC(=O)N[C@@H](CCCCC/C=C\[C@@H]1C[C@@H]1C(=O)NS(=O)(=O)C1(C)CC1)C(=O)N1C[C@H](Oc2ccnc3c2CCCC3)C[C@H]1C(N)=O. The van der Waals surface area contributed by atoms with Crippen LogP contribution in [0.3, 0.4) is 0 Å². The molecule has 0 radical (unpaired) electrons. The summed E-state index contributed by atoms with van der Waals surface area (Å²) in [7, 11) is -3.63. The number of sulfonamides is 1. The molecule has 4 N–H and O–H groups in total. The van der Waals surface area contributed by atoms with Gasteiger partial charge in [-0.15, -0.1) is 0 Å². The first-order chi connectivity index (χ1) is 23.6. The zero-order valence-electron chi connectivity index (χ0n) is 29.7. The van der Waals surface area contributed by atoms with E-state index in [1.807, 2.05) is 18.2 Å². The summed E-state index contributed by atoms with van der Waals surface area (Å²) >= 11 is 0. The van der Waals surface area contributed by atoms with Crippen molar-refractivity contribution in [3.8, 4) is 5.75 Å². The van der Waals surface area contributed by atoms with Crippen LogP contribution in [0.1, 0.15) is 110 Å². The van der Waals surface area contributed by atoms with Crippen LogP contribution in [0.4, 0.5) is 4.79 Å². The molecule has 1 aromatic rings. The molecule has 1 aliphatic heterocycles. The molecule has 5 rings (SSSR count). The van der Waals surface area contributed by atoms with Crippen LogP contribution in [0.25, 0.3) is 0 Å². The molecule has 0 spiro atoms. The van der Waals surface area contributed by atoms with E-state index in [0.29, 0.717) is 32.1 Å². The van der Waals surface area contributed by atoms with Crippen molar-refractivity contribution in [2.75, 3.05) is 6.54 Å². The Morgan fingerprint density at radius 2 is 1.86 bits per heavy atom. The van der Waals surface area contributed by atoms with Crippen molar-refractivity contribution >= 4 is 33.8 Å². The number of fused-ring (bicyclic) bond motifs is 1. The third-order valence-electron chi connectivity index (χ3n) is 10.1. The van der Waals surface area contributed by atoms with Crippen molar-refractivity contribution in [3.05, 3.63) is 35.7 Å². The van der Waals surface area contributed by atoms with Crippen LogP contribution in [0.5, 0.6) is 5.75 Å². The fraction of sp³-hybridized carbons (Fsp3) is 0.694. The molecule has 2 saturated carbocycles. The summed E-state index contributed by atoms with van der Waals surface area (Å²) in [6.45, 7) is 7.04. The molecule has 5 atom stereocenters. The molecule has 14 heteroatoms. The topological polar surface area (TPSA) is 187 Å². The number of carbonyl (C=O) groups is 4. The molecule has 13 nitrogen and oxygen atoms in total. The first-order valence-electron chi connectivity index (χ1n) is 18.0. The number of rotatable bonds is 15. The number of nitrogens with one attached hydrogen (secondary N) is 2. The second-order valence-electron chi connectivity index (χ2n) is 15.5. The summed E-state index contributed by atoms with van der Waals surface area (Å²) in [5.74, 6) is -1.01. The Bertz CT molecular complexity index is 1580. The minimum absolute atomic E-state index is 0.0349.